The lowest BCUT2D eigenvalue weighted by atomic mass is 10.1. The molecule has 0 fully saturated rings. The summed E-state index contributed by atoms with van der Waals surface area (Å²) in [6, 6.07) is 4.63. The van der Waals surface area contributed by atoms with Crippen LogP contribution in [0.4, 0.5) is 4.39 Å². The zero-order valence-corrected chi connectivity index (χ0v) is 8.11. The van der Waals surface area contributed by atoms with Gasteiger partial charge in [-0.05, 0) is 18.7 Å². The van der Waals surface area contributed by atoms with Gasteiger partial charge in [-0.15, -0.1) is 6.58 Å². The Morgan fingerprint density at radius 2 is 2.31 bits per heavy atom. The maximum atomic E-state index is 13.0. The molecular weight excluding hydrogens is 189 g/mol. The largest absolute Gasteiger partial charge is 0.310 e. The van der Waals surface area contributed by atoms with Crippen LogP contribution in [0.25, 0.3) is 0 Å². The molecular formula is C10H11ClFN. The second-order valence-corrected chi connectivity index (χ2v) is 3.02. The second kappa shape index (κ2) is 4.40. The molecule has 0 heterocycles. The van der Waals surface area contributed by atoms with Gasteiger partial charge in [0.1, 0.15) is 5.82 Å². The first kappa shape index (κ1) is 10.2. The van der Waals surface area contributed by atoms with Crippen LogP contribution in [0.1, 0.15) is 11.6 Å². The topological polar surface area (TPSA) is 12.0 Å². The minimum Gasteiger partial charge on any atom is -0.310 e. The summed E-state index contributed by atoms with van der Waals surface area (Å²) < 4.78 is 13.0. The summed E-state index contributed by atoms with van der Waals surface area (Å²) in [5.41, 5.74) is 0.708. The first-order chi connectivity index (χ1) is 6.20. The Hall–Kier alpha value is -0.860. The molecule has 0 aliphatic rings. The highest BCUT2D eigenvalue weighted by atomic mass is 35.5. The summed E-state index contributed by atoms with van der Waals surface area (Å²) in [6.45, 7) is 3.64. The van der Waals surface area contributed by atoms with E-state index in [9.17, 15) is 4.39 Å². The van der Waals surface area contributed by atoms with Crippen molar-refractivity contribution < 1.29 is 4.39 Å². The molecule has 1 N–H and O–H groups in total. The summed E-state index contributed by atoms with van der Waals surface area (Å²) in [7, 11) is 1.77. The minimum absolute atomic E-state index is 0.108. The van der Waals surface area contributed by atoms with Crippen molar-refractivity contribution in [3.05, 3.63) is 47.3 Å². The van der Waals surface area contributed by atoms with E-state index in [0.29, 0.717) is 5.56 Å². The van der Waals surface area contributed by atoms with Crippen LogP contribution in [0.3, 0.4) is 0 Å². The van der Waals surface area contributed by atoms with Crippen LogP contribution in [0.5, 0.6) is 0 Å². The molecule has 0 saturated heterocycles. The Labute approximate surface area is 82.2 Å². The van der Waals surface area contributed by atoms with E-state index in [0.717, 1.165) is 0 Å². The van der Waals surface area contributed by atoms with Crippen LogP contribution in [0.15, 0.2) is 30.9 Å². The van der Waals surface area contributed by atoms with E-state index in [-0.39, 0.29) is 11.1 Å². The Bertz CT molecular complexity index is 312. The average molecular weight is 200 g/mol. The standard InChI is InChI=1S/C10H11ClFN/c1-3-9(13-2)7-5-4-6-8(12)10(7)11/h3-6,9,13H,1H2,2H3. The van der Waals surface area contributed by atoms with Crippen molar-refractivity contribution in [3.63, 3.8) is 0 Å². The molecule has 1 aromatic rings. The number of hydrogen-bond donors (Lipinski definition) is 1. The van der Waals surface area contributed by atoms with Crippen LogP contribution in [-0.4, -0.2) is 7.05 Å². The highest BCUT2D eigenvalue weighted by Crippen LogP contribution is 2.25. The number of likely N-dealkylation sites (N-methyl/N-ethyl adjacent to an activating group) is 1. The monoisotopic (exact) mass is 199 g/mol. The maximum absolute atomic E-state index is 13.0. The molecule has 0 spiro atoms. The van der Waals surface area contributed by atoms with Crippen LogP contribution < -0.4 is 5.32 Å². The molecule has 70 valence electrons. The van der Waals surface area contributed by atoms with Gasteiger partial charge in [-0.1, -0.05) is 29.8 Å². The van der Waals surface area contributed by atoms with Crippen LogP contribution in [0.2, 0.25) is 5.02 Å². The molecule has 0 aliphatic heterocycles. The van der Waals surface area contributed by atoms with E-state index in [1.165, 1.54) is 6.07 Å². The predicted octanol–water partition coefficient (Wildman–Crippen LogP) is 2.93. The highest BCUT2D eigenvalue weighted by Gasteiger charge is 2.11. The Balaban J connectivity index is 3.13. The number of benzene rings is 1. The molecule has 0 aliphatic carbocycles. The fraction of sp³-hybridized carbons (Fsp3) is 0.200. The third-order valence-corrected chi connectivity index (χ3v) is 2.26. The van der Waals surface area contributed by atoms with Gasteiger partial charge in [-0.25, -0.2) is 4.39 Å². The van der Waals surface area contributed by atoms with Gasteiger partial charge in [0.2, 0.25) is 0 Å². The Morgan fingerprint density at radius 1 is 1.62 bits per heavy atom. The Morgan fingerprint density at radius 3 is 2.85 bits per heavy atom. The molecule has 0 bridgehead atoms. The maximum Gasteiger partial charge on any atom is 0.142 e. The molecule has 1 nitrogen and oxygen atoms in total. The van der Waals surface area contributed by atoms with Crippen molar-refractivity contribution in [1.82, 2.24) is 5.32 Å². The SMILES string of the molecule is C=CC(NC)c1cccc(F)c1Cl. The normalized spacial score (nSPS) is 12.5. The molecule has 1 aromatic carbocycles. The van der Waals surface area contributed by atoms with E-state index in [2.05, 4.69) is 11.9 Å². The van der Waals surface area contributed by atoms with Crippen LogP contribution in [-0.2, 0) is 0 Å². The van der Waals surface area contributed by atoms with Crippen molar-refractivity contribution in [3.8, 4) is 0 Å². The average Bonchev–Trinajstić information content (AvgIpc) is 2.14. The number of nitrogens with one attached hydrogen (secondary N) is 1. The summed E-state index contributed by atoms with van der Waals surface area (Å²) in [6.07, 6.45) is 1.68. The zero-order valence-electron chi connectivity index (χ0n) is 7.35. The molecule has 0 radical (unpaired) electrons. The van der Waals surface area contributed by atoms with Crippen molar-refractivity contribution in [1.29, 1.82) is 0 Å². The van der Waals surface area contributed by atoms with Crippen LogP contribution >= 0.6 is 11.6 Å². The molecule has 13 heavy (non-hydrogen) atoms. The summed E-state index contributed by atoms with van der Waals surface area (Å²) >= 11 is 5.78. The van der Waals surface area contributed by atoms with Crippen molar-refractivity contribution in [2.45, 2.75) is 6.04 Å². The molecule has 0 amide bonds. The fourth-order valence-corrected chi connectivity index (χ4v) is 1.40. The molecule has 1 atom stereocenters. The van der Waals surface area contributed by atoms with Crippen LogP contribution in [0, 0.1) is 5.82 Å². The summed E-state index contributed by atoms with van der Waals surface area (Å²) in [4.78, 5) is 0. The van der Waals surface area contributed by atoms with Gasteiger partial charge in [-0.3, -0.25) is 0 Å². The number of halogens is 2. The molecule has 1 unspecified atom stereocenters. The third kappa shape index (κ3) is 2.08. The summed E-state index contributed by atoms with van der Waals surface area (Å²) in [5, 5.41) is 3.12. The van der Waals surface area contributed by atoms with E-state index in [4.69, 9.17) is 11.6 Å². The van der Waals surface area contributed by atoms with Gasteiger partial charge in [0.25, 0.3) is 0 Å². The quantitative estimate of drug-likeness (QED) is 0.739. The van der Waals surface area contributed by atoms with Gasteiger partial charge < -0.3 is 5.32 Å². The van der Waals surface area contributed by atoms with Gasteiger partial charge in [-0.2, -0.15) is 0 Å². The third-order valence-electron chi connectivity index (χ3n) is 1.86. The van der Waals surface area contributed by atoms with Crippen molar-refractivity contribution in [2.75, 3.05) is 7.05 Å². The lowest BCUT2D eigenvalue weighted by Crippen LogP contribution is -2.14. The molecule has 0 aromatic heterocycles. The molecule has 0 saturated carbocycles. The van der Waals surface area contributed by atoms with E-state index >= 15 is 0 Å². The molecule has 3 heteroatoms. The zero-order chi connectivity index (χ0) is 9.84. The Kier molecular flexibility index (Phi) is 3.46. The predicted molar refractivity (Wildman–Crippen MR) is 53.4 cm³/mol. The fourth-order valence-electron chi connectivity index (χ4n) is 1.16. The number of rotatable bonds is 3. The highest BCUT2D eigenvalue weighted by molar-refractivity contribution is 6.31. The smallest absolute Gasteiger partial charge is 0.142 e. The van der Waals surface area contributed by atoms with E-state index < -0.39 is 5.82 Å². The van der Waals surface area contributed by atoms with Gasteiger partial charge in [0.15, 0.2) is 0 Å². The second-order valence-electron chi connectivity index (χ2n) is 2.65. The van der Waals surface area contributed by atoms with Gasteiger partial charge >= 0.3 is 0 Å². The number of hydrogen-bond acceptors (Lipinski definition) is 1. The van der Waals surface area contributed by atoms with E-state index in [1.807, 2.05) is 0 Å². The summed E-state index contributed by atoms with van der Waals surface area (Å²) in [5.74, 6) is -0.402. The van der Waals surface area contributed by atoms with E-state index in [1.54, 1.807) is 25.3 Å². The first-order valence-electron chi connectivity index (χ1n) is 3.94. The van der Waals surface area contributed by atoms with Gasteiger partial charge in [0.05, 0.1) is 11.1 Å². The van der Waals surface area contributed by atoms with Gasteiger partial charge in [0, 0.05) is 0 Å². The van der Waals surface area contributed by atoms with Crippen molar-refractivity contribution >= 4 is 11.6 Å². The lowest BCUT2D eigenvalue weighted by molar-refractivity contribution is 0.619. The molecule has 1 rings (SSSR count). The minimum atomic E-state index is -0.402. The van der Waals surface area contributed by atoms with Crippen molar-refractivity contribution in [2.24, 2.45) is 0 Å². The lowest BCUT2D eigenvalue weighted by Gasteiger charge is -2.13. The first-order valence-corrected chi connectivity index (χ1v) is 4.32.